The summed E-state index contributed by atoms with van der Waals surface area (Å²) in [5.41, 5.74) is -1.01. The van der Waals surface area contributed by atoms with E-state index in [-0.39, 0.29) is 6.10 Å². The lowest BCUT2D eigenvalue weighted by Crippen LogP contribution is -2.49. The van der Waals surface area contributed by atoms with Crippen LogP contribution in [0.1, 0.15) is 25.7 Å². The highest BCUT2D eigenvalue weighted by molar-refractivity contribution is 5.82. The van der Waals surface area contributed by atoms with Gasteiger partial charge in [0.25, 0.3) is 6.47 Å². The smallest absolute Gasteiger partial charge is 0.351 e. The number of rotatable bonds is 2. The van der Waals surface area contributed by atoms with Gasteiger partial charge in [0.05, 0.1) is 0 Å². The van der Waals surface area contributed by atoms with E-state index in [2.05, 4.69) is 0 Å². The maximum Gasteiger partial charge on any atom is 0.351 e. The highest BCUT2D eigenvalue weighted by atomic mass is 16.6. The Balaban J connectivity index is 2.25. The van der Waals surface area contributed by atoms with Crippen LogP contribution in [0.3, 0.4) is 0 Å². The molecule has 1 fully saturated rings. The molecule has 4 nitrogen and oxygen atoms in total. The molecule has 2 bridgehead atoms. The van der Waals surface area contributed by atoms with Crippen LogP contribution in [-0.2, 0) is 19.1 Å². The minimum atomic E-state index is -1.01. The lowest BCUT2D eigenvalue weighted by atomic mass is 9.86. The first-order chi connectivity index (χ1) is 6.77. The third kappa shape index (κ3) is 1.41. The van der Waals surface area contributed by atoms with Gasteiger partial charge in [-0.2, -0.15) is 0 Å². The third-order valence-corrected chi connectivity index (χ3v) is 2.80. The number of carbonyl (C=O) groups excluding carboxylic acids is 2. The Labute approximate surface area is 81.9 Å². The minimum Gasteiger partial charge on any atom is -0.455 e. The highest BCUT2D eigenvalue weighted by Gasteiger charge is 2.46. The predicted molar refractivity (Wildman–Crippen MR) is 47.4 cm³/mol. The summed E-state index contributed by atoms with van der Waals surface area (Å²) in [7, 11) is 0. The number of ether oxygens (including phenoxy) is 2. The van der Waals surface area contributed by atoms with E-state index in [0.717, 1.165) is 12.8 Å². The maximum absolute atomic E-state index is 11.6. The summed E-state index contributed by atoms with van der Waals surface area (Å²) in [6.07, 6.45) is 6.32. The minimum absolute atomic E-state index is 0.133. The first-order valence-electron chi connectivity index (χ1n) is 4.76. The molecule has 0 saturated carbocycles. The molecule has 14 heavy (non-hydrogen) atoms. The largest absolute Gasteiger partial charge is 0.455 e. The van der Waals surface area contributed by atoms with Crippen LogP contribution in [0.25, 0.3) is 0 Å². The number of hydrogen-bond acceptors (Lipinski definition) is 4. The number of hydrogen-bond donors (Lipinski definition) is 0. The fourth-order valence-corrected chi connectivity index (χ4v) is 1.97. The summed E-state index contributed by atoms with van der Waals surface area (Å²) in [4.78, 5) is 22.0. The van der Waals surface area contributed by atoms with Crippen molar-refractivity contribution in [3.8, 4) is 0 Å². The number of esters is 1. The van der Waals surface area contributed by atoms with E-state index in [1.807, 2.05) is 12.2 Å². The van der Waals surface area contributed by atoms with Gasteiger partial charge >= 0.3 is 5.97 Å². The average molecular weight is 196 g/mol. The maximum atomic E-state index is 11.6. The first-order valence-corrected chi connectivity index (χ1v) is 4.76. The zero-order valence-corrected chi connectivity index (χ0v) is 7.77. The molecule has 0 aromatic carbocycles. The molecule has 0 aromatic heterocycles. The van der Waals surface area contributed by atoms with Crippen LogP contribution in [0.4, 0.5) is 0 Å². The van der Waals surface area contributed by atoms with Crippen molar-refractivity contribution in [1.29, 1.82) is 0 Å². The second-order valence-corrected chi connectivity index (χ2v) is 3.66. The third-order valence-electron chi connectivity index (χ3n) is 2.80. The van der Waals surface area contributed by atoms with Gasteiger partial charge in [-0.3, -0.25) is 4.79 Å². The lowest BCUT2D eigenvalue weighted by molar-refractivity contribution is -0.189. The van der Waals surface area contributed by atoms with Crippen LogP contribution in [0.5, 0.6) is 0 Å². The SMILES string of the molecule is O=COC12CC/C=C\C(CC1)OC2=O. The Morgan fingerprint density at radius 1 is 1.57 bits per heavy atom. The van der Waals surface area contributed by atoms with Gasteiger partial charge < -0.3 is 9.47 Å². The van der Waals surface area contributed by atoms with E-state index in [1.54, 1.807) is 0 Å². The summed E-state index contributed by atoms with van der Waals surface area (Å²) in [6.45, 7) is 0.340. The Morgan fingerprint density at radius 3 is 3.14 bits per heavy atom. The highest BCUT2D eigenvalue weighted by Crippen LogP contribution is 2.34. The summed E-state index contributed by atoms with van der Waals surface area (Å²) in [6, 6.07) is 0. The second-order valence-electron chi connectivity index (χ2n) is 3.66. The second kappa shape index (κ2) is 3.44. The molecule has 1 aliphatic carbocycles. The van der Waals surface area contributed by atoms with E-state index < -0.39 is 11.6 Å². The van der Waals surface area contributed by atoms with E-state index in [9.17, 15) is 9.59 Å². The zero-order valence-electron chi connectivity index (χ0n) is 7.77. The topological polar surface area (TPSA) is 52.6 Å². The Hall–Kier alpha value is -1.32. The summed E-state index contributed by atoms with van der Waals surface area (Å²) >= 11 is 0. The summed E-state index contributed by atoms with van der Waals surface area (Å²) < 4.78 is 10.1. The van der Waals surface area contributed by atoms with Gasteiger partial charge in [-0.05, 0) is 18.9 Å². The molecule has 1 saturated heterocycles. The zero-order chi connectivity index (χ0) is 10.0. The monoisotopic (exact) mass is 196 g/mol. The summed E-state index contributed by atoms with van der Waals surface area (Å²) in [5, 5.41) is 0. The molecule has 76 valence electrons. The summed E-state index contributed by atoms with van der Waals surface area (Å²) in [5.74, 6) is -0.398. The Morgan fingerprint density at radius 2 is 2.43 bits per heavy atom. The van der Waals surface area contributed by atoms with Gasteiger partial charge in [0.15, 0.2) is 0 Å². The molecule has 2 heterocycles. The Kier molecular flexibility index (Phi) is 2.27. The standard InChI is InChI=1S/C10H12O4/c11-7-13-10-5-2-1-3-8(4-6-10)14-9(10)12/h1,3,7-8H,2,4-6H2/b3-1-. The van der Waals surface area contributed by atoms with Gasteiger partial charge in [-0.15, -0.1) is 0 Å². The van der Waals surface area contributed by atoms with Crippen LogP contribution in [0, 0.1) is 0 Å². The molecular weight excluding hydrogens is 184 g/mol. The molecule has 3 rings (SSSR count). The van der Waals surface area contributed by atoms with Crippen molar-refractivity contribution in [2.75, 3.05) is 0 Å². The van der Waals surface area contributed by atoms with E-state index in [4.69, 9.17) is 9.47 Å². The van der Waals surface area contributed by atoms with Crippen molar-refractivity contribution in [3.05, 3.63) is 12.2 Å². The number of fused-ring (bicyclic) bond motifs is 4. The predicted octanol–water partition coefficient (Wildman–Crippen LogP) is 0.954. The van der Waals surface area contributed by atoms with Crippen molar-refractivity contribution < 1.29 is 19.1 Å². The van der Waals surface area contributed by atoms with Crippen molar-refractivity contribution >= 4 is 12.4 Å². The fraction of sp³-hybridized carbons (Fsp3) is 0.600. The molecule has 0 amide bonds. The molecule has 2 unspecified atom stereocenters. The average Bonchev–Trinajstić information content (AvgIpc) is 2.13. The molecular formula is C10H12O4. The molecule has 2 aliphatic heterocycles. The van der Waals surface area contributed by atoms with Crippen molar-refractivity contribution in [2.45, 2.75) is 37.4 Å². The van der Waals surface area contributed by atoms with Gasteiger partial charge in [0.1, 0.15) is 6.10 Å². The van der Waals surface area contributed by atoms with Crippen LogP contribution in [0.15, 0.2) is 12.2 Å². The molecule has 0 spiro atoms. The van der Waals surface area contributed by atoms with E-state index in [1.165, 1.54) is 0 Å². The van der Waals surface area contributed by atoms with Gasteiger partial charge in [0.2, 0.25) is 5.60 Å². The van der Waals surface area contributed by atoms with Crippen LogP contribution < -0.4 is 0 Å². The van der Waals surface area contributed by atoms with Gasteiger partial charge in [-0.25, -0.2) is 4.79 Å². The molecule has 0 aromatic rings. The quantitative estimate of drug-likeness (QED) is 0.375. The van der Waals surface area contributed by atoms with Crippen molar-refractivity contribution in [2.24, 2.45) is 0 Å². The molecule has 4 heteroatoms. The van der Waals surface area contributed by atoms with E-state index in [0.29, 0.717) is 19.3 Å². The van der Waals surface area contributed by atoms with E-state index >= 15 is 0 Å². The fourth-order valence-electron chi connectivity index (χ4n) is 1.97. The number of allylic oxidation sites excluding steroid dienone is 1. The van der Waals surface area contributed by atoms with Crippen LogP contribution in [-0.4, -0.2) is 24.1 Å². The lowest BCUT2D eigenvalue weighted by Gasteiger charge is -2.37. The Bertz CT molecular complexity index is 284. The molecule has 0 N–H and O–H groups in total. The first kappa shape index (κ1) is 9.24. The van der Waals surface area contributed by atoms with Crippen molar-refractivity contribution in [1.82, 2.24) is 0 Å². The molecule has 3 aliphatic rings. The van der Waals surface area contributed by atoms with Crippen LogP contribution in [0.2, 0.25) is 0 Å². The van der Waals surface area contributed by atoms with Crippen LogP contribution >= 0.6 is 0 Å². The van der Waals surface area contributed by atoms with Gasteiger partial charge in [-0.1, -0.05) is 6.08 Å². The van der Waals surface area contributed by atoms with Gasteiger partial charge in [0, 0.05) is 12.8 Å². The van der Waals surface area contributed by atoms with Crippen molar-refractivity contribution in [3.63, 3.8) is 0 Å². The molecule has 0 radical (unpaired) electrons. The number of carbonyl (C=O) groups is 2. The molecule has 2 atom stereocenters. The normalized spacial score (nSPS) is 38.0.